The third kappa shape index (κ3) is 3.62. The molecule has 0 aliphatic carbocycles. The number of nitrogens with one attached hydrogen (secondary N) is 1. The summed E-state index contributed by atoms with van der Waals surface area (Å²) in [5, 5.41) is 3.79. The van der Waals surface area contributed by atoms with Gasteiger partial charge in [0, 0.05) is 41.5 Å². The number of nitrogens with zero attached hydrogens (tertiary/aromatic N) is 2. The molecule has 0 saturated heterocycles. The Morgan fingerprint density at radius 2 is 2.04 bits per heavy atom. The average Bonchev–Trinajstić information content (AvgIpc) is 2.91. The summed E-state index contributed by atoms with van der Waals surface area (Å²) >= 11 is 5.80. The summed E-state index contributed by atoms with van der Waals surface area (Å²) in [5.74, 6) is -0.0280. The third-order valence-electron chi connectivity index (χ3n) is 3.79. The first kappa shape index (κ1) is 18.1. The van der Waals surface area contributed by atoms with Crippen LogP contribution < -0.4 is 10.1 Å². The number of ether oxygens (including phenoxy) is 1. The Morgan fingerprint density at radius 1 is 1.31 bits per heavy atom. The number of hydrogen-bond donors (Lipinski definition) is 1. The van der Waals surface area contributed by atoms with E-state index in [0.717, 1.165) is 28.1 Å². The van der Waals surface area contributed by atoms with E-state index in [9.17, 15) is 13.2 Å². The van der Waals surface area contributed by atoms with E-state index in [1.54, 1.807) is 6.20 Å². The van der Waals surface area contributed by atoms with Crippen LogP contribution in [0.5, 0.6) is 5.75 Å². The fourth-order valence-corrected chi connectivity index (χ4v) is 2.83. The molecule has 0 spiro atoms. The molecule has 4 nitrogen and oxygen atoms in total. The smallest absolute Gasteiger partial charge is 0.404 e. The molecule has 136 valence electrons. The van der Waals surface area contributed by atoms with Gasteiger partial charge in [0.15, 0.2) is 5.75 Å². The van der Waals surface area contributed by atoms with Gasteiger partial charge in [0.05, 0.1) is 11.2 Å². The first-order valence-electron chi connectivity index (χ1n) is 7.58. The second-order valence-electron chi connectivity index (χ2n) is 5.80. The lowest BCUT2D eigenvalue weighted by Gasteiger charge is -2.16. The van der Waals surface area contributed by atoms with Gasteiger partial charge in [-0.05, 0) is 30.7 Å². The van der Waals surface area contributed by atoms with Crippen LogP contribution in [0, 0.1) is 0 Å². The SMILES string of the molecule is C=C(C)c1cnc(Nc2ccc(Cl)cc2OC(F)(F)F)c2ccn(C)c12. The van der Waals surface area contributed by atoms with E-state index in [0.29, 0.717) is 5.82 Å². The Morgan fingerprint density at radius 3 is 2.69 bits per heavy atom. The zero-order valence-electron chi connectivity index (χ0n) is 14.0. The van der Waals surface area contributed by atoms with Crippen molar-refractivity contribution in [3.63, 3.8) is 0 Å². The van der Waals surface area contributed by atoms with E-state index in [2.05, 4.69) is 21.6 Å². The van der Waals surface area contributed by atoms with Crippen molar-refractivity contribution in [1.29, 1.82) is 0 Å². The molecule has 0 unspecified atom stereocenters. The Bertz CT molecular complexity index is 995. The van der Waals surface area contributed by atoms with Crippen LogP contribution in [0.1, 0.15) is 12.5 Å². The van der Waals surface area contributed by atoms with Crippen LogP contribution >= 0.6 is 11.6 Å². The molecular formula is C18H15ClF3N3O. The van der Waals surface area contributed by atoms with Gasteiger partial charge >= 0.3 is 6.36 Å². The molecule has 2 aromatic heterocycles. The predicted molar refractivity (Wildman–Crippen MR) is 96.8 cm³/mol. The van der Waals surface area contributed by atoms with Crippen molar-refractivity contribution < 1.29 is 17.9 Å². The highest BCUT2D eigenvalue weighted by Crippen LogP contribution is 2.36. The first-order valence-corrected chi connectivity index (χ1v) is 7.96. The van der Waals surface area contributed by atoms with E-state index < -0.39 is 12.1 Å². The van der Waals surface area contributed by atoms with Crippen LogP contribution in [-0.2, 0) is 7.05 Å². The molecule has 1 aromatic carbocycles. The maximum absolute atomic E-state index is 12.7. The van der Waals surface area contributed by atoms with E-state index in [-0.39, 0.29) is 10.7 Å². The van der Waals surface area contributed by atoms with E-state index >= 15 is 0 Å². The van der Waals surface area contributed by atoms with Crippen molar-refractivity contribution in [1.82, 2.24) is 9.55 Å². The number of rotatable bonds is 4. The van der Waals surface area contributed by atoms with E-state index in [1.165, 1.54) is 12.1 Å². The van der Waals surface area contributed by atoms with Crippen molar-refractivity contribution in [2.45, 2.75) is 13.3 Å². The van der Waals surface area contributed by atoms with Crippen LogP contribution in [0.25, 0.3) is 16.5 Å². The number of hydrogen-bond acceptors (Lipinski definition) is 3. The maximum atomic E-state index is 12.7. The standard InChI is InChI=1S/C18H15ClF3N3O/c1-10(2)13-9-23-17(12-6-7-25(3)16(12)13)24-14-5-4-11(19)8-15(14)26-18(20,21)22/h4-9H,1H2,2-3H3,(H,23,24). The van der Waals surface area contributed by atoms with Crippen LogP contribution in [0.2, 0.25) is 5.02 Å². The molecule has 3 rings (SSSR count). The molecule has 0 saturated carbocycles. The molecule has 0 atom stereocenters. The third-order valence-corrected chi connectivity index (χ3v) is 4.02. The first-order chi connectivity index (χ1) is 12.2. The molecule has 1 N–H and O–H groups in total. The quantitative estimate of drug-likeness (QED) is 0.611. The summed E-state index contributed by atoms with van der Waals surface area (Å²) in [5.41, 5.74) is 2.68. The Hall–Kier alpha value is -2.67. The molecule has 2 heterocycles. The number of anilines is 2. The minimum absolute atomic E-state index is 0.104. The van der Waals surface area contributed by atoms with Crippen LogP contribution in [0.15, 0.2) is 43.2 Å². The number of aryl methyl sites for hydroxylation is 1. The molecule has 3 aromatic rings. The molecule has 0 aliphatic heterocycles. The second-order valence-corrected chi connectivity index (χ2v) is 6.24. The van der Waals surface area contributed by atoms with Crippen LogP contribution in [0.3, 0.4) is 0 Å². The lowest BCUT2D eigenvalue weighted by atomic mass is 10.1. The van der Waals surface area contributed by atoms with Crippen molar-refractivity contribution in [2.24, 2.45) is 7.05 Å². The van der Waals surface area contributed by atoms with Gasteiger partial charge in [0.25, 0.3) is 0 Å². The summed E-state index contributed by atoms with van der Waals surface area (Å²) < 4.78 is 44.0. The number of allylic oxidation sites excluding steroid dienone is 1. The minimum atomic E-state index is -4.83. The zero-order valence-corrected chi connectivity index (χ0v) is 14.7. The van der Waals surface area contributed by atoms with Crippen molar-refractivity contribution in [2.75, 3.05) is 5.32 Å². The fraction of sp³-hybridized carbons (Fsp3) is 0.167. The number of alkyl halides is 3. The predicted octanol–water partition coefficient (Wildman–Crippen LogP) is 5.90. The van der Waals surface area contributed by atoms with Gasteiger partial charge in [-0.2, -0.15) is 0 Å². The van der Waals surface area contributed by atoms with Gasteiger partial charge in [0.1, 0.15) is 5.82 Å². The Balaban J connectivity index is 2.08. The van der Waals surface area contributed by atoms with Crippen molar-refractivity contribution in [3.05, 3.63) is 53.8 Å². The summed E-state index contributed by atoms with van der Waals surface area (Å²) in [7, 11) is 1.87. The lowest BCUT2D eigenvalue weighted by molar-refractivity contribution is -0.274. The number of benzene rings is 1. The molecule has 0 aliphatic rings. The molecule has 0 radical (unpaired) electrons. The summed E-state index contributed by atoms with van der Waals surface area (Å²) in [6.07, 6.45) is -1.35. The molecule has 0 bridgehead atoms. The van der Waals surface area contributed by atoms with Crippen molar-refractivity contribution in [3.8, 4) is 5.75 Å². The number of aromatic nitrogens is 2. The minimum Gasteiger partial charge on any atom is -0.404 e. The summed E-state index contributed by atoms with van der Waals surface area (Å²) in [6, 6.07) is 5.81. The van der Waals surface area contributed by atoms with Gasteiger partial charge in [-0.25, -0.2) is 4.98 Å². The fourth-order valence-electron chi connectivity index (χ4n) is 2.66. The second kappa shape index (κ2) is 6.57. The van der Waals surface area contributed by atoms with Gasteiger partial charge in [0.2, 0.25) is 0 Å². The number of halogens is 4. The Kier molecular flexibility index (Phi) is 4.58. The number of pyridine rings is 1. The van der Waals surface area contributed by atoms with Gasteiger partial charge in [-0.15, -0.1) is 13.2 Å². The largest absolute Gasteiger partial charge is 0.573 e. The topological polar surface area (TPSA) is 39.1 Å². The highest BCUT2D eigenvalue weighted by molar-refractivity contribution is 6.30. The normalized spacial score (nSPS) is 11.6. The molecule has 0 fully saturated rings. The van der Waals surface area contributed by atoms with Crippen molar-refractivity contribution >= 4 is 39.6 Å². The molecule has 26 heavy (non-hydrogen) atoms. The summed E-state index contributed by atoms with van der Waals surface area (Å²) in [4.78, 5) is 4.34. The van der Waals surface area contributed by atoms with E-state index in [1.807, 2.05) is 30.8 Å². The van der Waals surface area contributed by atoms with Gasteiger partial charge < -0.3 is 14.6 Å². The van der Waals surface area contributed by atoms with E-state index in [4.69, 9.17) is 11.6 Å². The molecule has 0 amide bonds. The van der Waals surface area contributed by atoms with Crippen LogP contribution in [0.4, 0.5) is 24.7 Å². The van der Waals surface area contributed by atoms with Gasteiger partial charge in [-0.3, -0.25) is 0 Å². The van der Waals surface area contributed by atoms with Crippen LogP contribution in [-0.4, -0.2) is 15.9 Å². The average molecular weight is 382 g/mol. The molecule has 8 heteroatoms. The number of fused-ring (bicyclic) bond motifs is 1. The Labute approximate surface area is 152 Å². The maximum Gasteiger partial charge on any atom is 0.573 e. The monoisotopic (exact) mass is 381 g/mol. The highest BCUT2D eigenvalue weighted by Gasteiger charge is 2.32. The summed E-state index contributed by atoms with van der Waals surface area (Å²) in [6.45, 7) is 5.81. The molecular weight excluding hydrogens is 367 g/mol. The highest BCUT2D eigenvalue weighted by atomic mass is 35.5. The zero-order chi connectivity index (χ0) is 19.1. The van der Waals surface area contributed by atoms with Gasteiger partial charge in [-0.1, -0.05) is 18.2 Å². The lowest BCUT2D eigenvalue weighted by Crippen LogP contribution is -2.18.